The van der Waals surface area contributed by atoms with Crippen LogP contribution in [0.4, 0.5) is 5.69 Å². The highest BCUT2D eigenvalue weighted by Gasteiger charge is 2.04. The highest BCUT2D eigenvalue weighted by atomic mass is 32.1. The quantitative estimate of drug-likeness (QED) is 0.554. The lowest BCUT2D eigenvalue weighted by molar-refractivity contribution is -0.116. The number of benzene rings is 2. The van der Waals surface area contributed by atoms with Crippen LogP contribution >= 0.6 is 11.3 Å². The first kappa shape index (κ1) is 18.3. The second-order valence-electron chi connectivity index (χ2n) is 5.91. The van der Waals surface area contributed by atoms with E-state index in [2.05, 4.69) is 22.4 Å². The van der Waals surface area contributed by atoms with E-state index in [9.17, 15) is 4.79 Å². The Hall–Kier alpha value is -2.50. The molecule has 4 nitrogen and oxygen atoms in total. The molecule has 3 rings (SSSR count). The van der Waals surface area contributed by atoms with E-state index >= 15 is 0 Å². The number of rotatable bonds is 9. The minimum Gasteiger partial charge on any atom is -0.381 e. The van der Waals surface area contributed by atoms with Crippen molar-refractivity contribution in [3.63, 3.8) is 0 Å². The van der Waals surface area contributed by atoms with Crippen molar-refractivity contribution >= 4 is 22.9 Å². The Labute approximate surface area is 157 Å². The van der Waals surface area contributed by atoms with Gasteiger partial charge in [-0.3, -0.25) is 4.79 Å². The molecule has 0 unspecified atom stereocenters. The number of thiazole rings is 1. The van der Waals surface area contributed by atoms with Gasteiger partial charge in [0.1, 0.15) is 5.01 Å². The maximum absolute atomic E-state index is 12.0. The van der Waals surface area contributed by atoms with E-state index in [-0.39, 0.29) is 5.91 Å². The zero-order valence-corrected chi connectivity index (χ0v) is 15.4. The number of hydrogen-bond donors (Lipinski definition) is 1. The average Bonchev–Trinajstić information content (AvgIpc) is 3.21. The normalized spacial score (nSPS) is 10.6. The summed E-state index contributed by atoms with van der Waals surface area (Å²) in [7, 11) is 0. The molecule has 1 heterocycles. The molecular formula is C21H22N2O2S. The van der Waals surface area contributed by atoms with Gasteiger partial charge in [-0.15, -0.1) is 11.3 Å². The van der Waals surface area contributed by atoms with Crippen LogP contribution in [0.1, 0.15) is 18.4 Å². The van der Waals surface area contributed by atoms with Crippen molar-refractivity contribution in [3.05, 3.63) is 71.7 Å². The number of nitrogens with zero attached hydrogens (tertiary/aromatic N) is 1. The molecule has 0 aliphatic heterocycles. The van der Waals surface area contributed by atoms with Gasteiger partial charge in [0.15, 0.2) is 0 Å². The lowest BCUT2D eigenvalue weighted by atomic mass is 10.2. The topological polar surface area (TPSA) is 51.2 Å². The highest BCUT2D eigenvalue weighted by molar-refractivity contribution is 7.13. The fourth-order valence-corrected chi connectivity index (χ4v) is 3.20. The van der Waals surface area contributed by atoms with Gasteiger partial charge in [0, 0.05) is 35.9 Å². The molecular weight excluding hydrogens is 344 g/mol. The van der Waals surface area contributed by atoms with E-state index < -0.39 is 0 Å². The molecule has 0 bridgehead atoms. The molecule has 1 aromatic heterocycles. The summed E-state index contributed by atoms with van der Waals surface area (Å²) in [4.78, 5) is 16.3. The van der Waals surface area contributed by atoms with Gasteiger partial charge in [-0.25, -0.2) is 4.98 Å². The molecule has 2 aromatic carbocycles. The van der Waals surface area contributed by atoms with Crippen molar-refractivity contribution in [1.82, 2.24) is 4.98 Å². The first-order valence-corrected chi connectivity index (χ1v) is 9.61. The zero-order valence-electron chi connectivity index (χ0n) is 14.6. The van der Waals surface area contributed by atoms with Crippen LogP contribution in [0.2, 0.25) is 0 Å². The van der Waals surface area contributed by atoms with Gasteiger partial charge in [0.25, 0.3) is 0 Å². The molecule has 0 spiro atoms. The van der Waals surface area contributed by atoms with Crippen LogP contribution in [-0.4, -0.2) is 24.1 Å². The van der Waals surface area contributed by atoms with Crippen LogP contribution < -0.4 is 5.32 Å². The van der Waals surface area contributed by atoms with Crippen LogP contribution in [0.15, 0.2) is 66.2 Å². The summed E-state index contributed by atoms with van der Waals surface area (Å²) in [5.74, 6) is 0.0126. The third-order valence-corrected chi connectivity index (χ3v) is 4.74. The van der Waals surface area contributed by atoms with Gasteiger partial charge in [-0.1, -0.05) is 30.3 Å². The summed E-state index contributed by atoms with van der Waals surface area (Å²) in [5.41, 5.74) is 3.14. The first-order chi connectivity index (χ1) is 12.8. The third-order valence-electron chi connectivity index (χ3n) is 3.92. The van der Waals surface area contributed by atoms with Crippen molar-refractivity contribution < 1.29 is 9.53 Å². The Morgan fingerprint density at radius 3 is 2.58 bits per heavy atom. The maximum atomic E-state index is 12.0. The molecule has 26 heavy (non-hydrogen) atoms. The van der Waals surface area contributed by atoms with E-state index in [0.717, 1.165) is 29.1 Å². The van der Waals surface area contributed by atoms with Gasteiger partial charge >= 0.3 is 0 Å². The minimum atomic E-state index is 0.0126. The Bertz CT molecular complexity index is 787. The summed E-state index contributed by atoms with van der Waals surface area (Å²) in [5, 5.41) is 5.85. The van der Waals surface area contributed by atoms with Gasteiger partial charge in [0.05, 0.1) is 6.61 Å². The number of anilines is 1. The standard InChI is InChI=1S/C21H22N2O2S/c24-20(7-4-14-25-15-12-17-5-2-1-3-6-17)23-19-10-8-18(9-11-19)21-22-13-16-26-21/h1-3,5-6,8-11,13,16H,4,7,12,14-15H2,(H,23,24). The largest absolute Gasteiger partial charge is 0.381 e. The summed E-state index contributed by atoms with van der Waals surface area (Å²) in [6.07, 6.45) is 3.87. The van der Waals surface area contributed by atoms with E-state index in [0.29, 0.717) is 19.6 Å². The molecule has 0 fully saturated rings. The van der Waals surface area contributed by atoms with E-state index in [1.807, 2.05) is 47.8 Å². The Kier molecular flexibility index (Phi) is 6.93. The van der Waals surface area contributed by atoms with Crippen molar-refractivity contribution in [2.45, 2.75) is 19.3 Å². The predicted octanol–water partition coefficient (Wildman–Crippen LogP) is 4.79. The Morgan fingerprint density at radius 1 is 1.04 bits per heavy atom. The summed E-state index contributed by atoms with van der Waals surface area (Å²) in [6.45, 7) is 1.28. The molecule has 5 heteroatoms. The van der Waals surface area contributed by atoms with Crippen LogP contribution in [-0.2, 0) is 16.0 Å². The van der Waals surface area contributed by atoms with Crippen molar-refractivity contribution in [1.29, 1.82) is 0 Å². The average molecular weight is 366 g/mol. The summed E-state index contributed by atoms with van der Waals surface area (Å²) < 4.78 is 5.61. The predicted molar refractivity (Wildman–Crippen MR) is 106 cm³/mol. The third kappa shape index (κ3) is 5.79. The second-order valence-corrected chi connectivity index (χ2v) is 6.81. The molecule has 0 aliphatic rings. The zero-order chi connectivity index (χ0) is 18.0. The Balaban J connectivity index is 1.31. The highest BCUT2D eigenvalue weighted by Crippen LogP contribution is 2.23. The van der Waals surface area contributed by atoms with E-state index in [1.54, 1.807) is 17.5 Å². The number of amides is 1. The molecule has 134 valence electrons. The molecule has 0 radical (unpaired) electrons. The smallest absolute Gasteiger partial charge is 0.224 e. The number of carbonyl (C=O) groups excluding carboxylic acids is 1. The molecule has 1 N–H and O–H groups in total. The fraction of sp³-hybridized carbons (Fsp3) is 0.238. The summed E-state index contributed by atoms with van der Waals surface area (Å²) in [6, 6.07) is 18.0. The van der Waals surface area contributed by atoms with E-state index in [4.69, 9.17) is 4.74 Å². The first-order valence-electron chi connectivity index (χ1n) is 8.73. The van der Waals surface area contributed by atoms with Gasteiger partial charge in [0.2, 0.25) is 5.91 Å². The number of aromatic nitrogens is 1. The molecule has 0 saturated carbocycles. The van der Waals surface area contributed by atoms with E-state index in [1.165, 1.54) is 5.56 Å². The molecule has 0 aliphatic carbocycles. The lowest BCUT2D eigenvalue weighted by Gasteiger charge is -2.07. The lowest BCUT2D eigenvalue weighted by Crippen LogP contribution is -2.12. The number of hydrogen-bond acceptors (Lipinski definition) is 4. The van der Waals surface area contributed by atoms with Crippen molar-refractivity contribution in [2.24, 2.45) is 0 Å². The van der Waals surface area contributed by atoms with Crippen molar-refractivity contribution in [2.75, 3.05) is 18.5 Å². The molecule has 1 amide bonds. The molecule has 0 saturated heterocycles. The van der Waals surface area contributed by atoms with Gasteiger partial charge in [-0.2, -0.15) is 0 Å². The van der Waals surface area contributed by atoms with Crippen LogP contribution in [0.3, 0.4) is 0 Å². The number of ether oxygens (including phenoxy) is 1. The van der Waals surface area contributed by atoms with Gasteiger partial charge in [-0.05, 0) is 42.7 Å². The van der Waals surface area contributed by atoms with Crippen LogP contribution in [0.25, 0.3) is 10.6 Å². The molecule has 3 aromatic rings. The maximum Gasteiger partial charge on any atom is 0.224 e. The SMILES string of the molecule is O=C(CCCOCCc1ccccc1)Nc1ccc(-c2nccs2)cc1. The monoisotopic (exact) mass is 366 g/mol. The van der Waals surface area contributed by atoms with Crippen LogP contribution in [0, 0.1) is 0 Å². The molecule has 0 atom stereocenters. The Morgan fingerprint density at radius 2 is 1.85 bits per heavy atom. The van der Waals surface area contributed by atoms with Crippen molar-refractivity contribution in [3.8, 4) is 10.6 Å². The van der Waals surface area contributed by atoms with Crippen LogP contribution in [0.5, 0.6) is 0 Å². The number of nitrogens with one attached hydrogen (secondary N) is 1. The fourth-order valence-electron chi connectivity index (χ4n) is 2.56. The second kappa shape index (κ2) is 9.85. The summed E-state index contributed by atoms with van der Waals surface area (Å²) >= 11 is 1.60. The van der Waals surface area contributed by atoms with Gasteiger partial charge < -0.3 is 10.1 Å². The minimum absolute atomic E-state index is 0.0126. The number of carbonyl (C=O) groups is 1.